The van der Waals surface area contributed by atoms with Crippen LogP contribution in [0.1, 0.15) is 59.3 Å². The van der Waals surface area contributed by atoms with Crippen molar-refractivity contribution in [3.05, 3.63) is 0 Å². The van der Waals surface area contributed by atoms with E-state index in [9.17, 15) is 10.2 Å². The van der Waals surface area contributed by atoms with Crippen LogP contribution in [0.3, 0.4) is 0 Å². The Balaban J connectivity index is 2.03. The number of hydrogen-bond acceptors (Lipinski definition) is 2. The van der Waals surface area contributed by atoms with Crippen LogP contribution in [-0.2, 0) is 0 Å². The van der Waals surface area contributed by atoms with E-state index < -0.39 is 0 Å². The van der Waals surface area contributed by atoms with Crippen LogP contribution >= 0.6 is 0 Å². The Morgan fingerprint density at radius 3 is 2.41 bits per heavy atom. The molecule has 3 rings (SSSR count). The normalized spacial score (nSPS) is 56.6. The van der Waals surface area contributed by atoms with Crippen LogP contribution in [0, 0.1) is 22.2 Å². The highest BCUT2D eigenvalue weighted by atomic mass is 16.3. The molecule has 0 radical (unpaired) electrons. The molecule has 2 N–H and O–H groups in total. The summed E-state index contributed by atoms with van der Waals surface area (Å²) in [5, 5.41) is 21.0. The molecule has 3 aliphatic rings. The van der Waals surface area contributed by atoms with Gasteiger partial charge in [-0.15, -0.1) is 0 Å². The number of hydrogen-bond donors (Lipinski definition) is 2. The van der Waals surface area contributed by atoms with Gasteiger partial charge in [0.1, 0.15) is 0 Å². The van der Waals surface area contributed by atoms with E-state index in [2.05, 4.69) is 20.8 Å². The lowest BCUT2D eigenvalue weighted by molar-refractivity contribution is -0.125. The molecule has 0 saturated heterocycles. The van der Waals surface area contributed by atoms with Crippen LogP contribution in [0.5, 0.6) is 0 Å². The van der Waals surface area contributed by atoms with Gasteiger partial charge in [-0.05, 0) is 54.3 Å². The van der Waals surface area contributed by atoms with Crippen LogP contribution in [0.2, 0.25) is 0 Å². The Kier molecular flexibility index (Phi) is 2.30. The van der Waals surface area contributed by atoms with Gasteiger partial charge in [0.05, 0.1) is 12.2 Å². The molecule has 0 aromatic heterocycles. The Bertz CT molecular complexity index is 338. The molecule has 3 fully saturated rings. The Morgan fingerprint density at radius 2 is 1.71 bits per heavy atom. The molecule has 2 heteroatoms. The average molecular weight is 238 g/mol. The van der Waals surface area contributed by atoms with Crippen LogP contribution in [0.15, 0.2) is 0 Å². The topological polar surface area (TPSA) is 40.5 Å². The van der Waals surface area contributed by atoms with E-state index in [-0.39, 0.29) is 23.0 Å². The zero-order valence-corrected chi connectivity index (χ0v) is 11.4. The summed E-state index contributed by atoms with van der Waals surface area (Å²) in [5.74, 6) is 0.304. The molecule has 0 aliphatic heterocycles. The van der Waals surface area contributed by atoms with E-state index in [1.54, 1.807) is 0 Å². The van der Waals surface area contributed by atoms with Crippen LogP contribution in [0.4, 0.5) is 0 Å². The Hall–Kier alpha value is -0.0800. The summed E-state index contributed by atoms with van der Waals surface area (Å²) in [6.45, 7) is 6.64. The van der Waals surface area contributed by atoms with Gasteiger partial charge in [-0.25, -0.2) is 0 Å². The monoisotopic (exact) mass is 238 g/mol. The Morgan fingerprint density at radius 1 is 1.00 bits per heavy atom. The summed E-state index contributed by atoms with van der Waals surface area (Å²) in [5.41, 5.74) is 0.444. The van der Waals surface area contributed by atoms with Gasteiger partial charge in [0.25, 0.3) is 0 Å². The molecule has 0 aromatic rings. The van der Waals surface area contributed by atoms with Crippen LogP contribution < -0.4 is 0 Å². The van der Waals surface area contributed by atoms with Crippen molar-refractivity contribution in [2.75, 3.05) is 0 Å². The first-order valence-electron chi connectivity index (χ1n) is 7.15. The second kappa shape index (κ2) is 3.27. The Labute approximate surface area is 104 Å². The largest absolute Gasteiger partial charge is 0.393 e. The first-order chi connectivity index (χ1) is 7.79. The first kappa shape index (κ1) is 12.0. The van der Waals surface area contributed by atoms with E-state index in [1.165, 1.54) is 25.7 Å². The third-order valence-corrected chi connectivity index (χ3v) is 6.24. The van der Waals surface area contributed by atoms with Gasteiger partial charge in [0.2, 0.25) is 0 Å². The standard InChI is InChI=1S/C15H26O2/c1-13(2)11(17)8-15-6-4-5-14(3,9-15)7-10(16)12(13)15/h10-12,16-17H,4-9H2,1-3H3/t10-,11+,12-,14+,15+/m1/s1. The van der Waals surface area contributed by atoms with Gasteiger partial charge < -0.3 is 10.2 Å². The molecule has 0 aromatic carbocycles. The van der Waals surface area contributed by atoms with Crippen molar-refractivity contribution in [3.8, 4) is 0 Å². The lowest BCUT2D eigenvalue weighted by atomic mass is 9.49. The van der Waals surface area contributed by atoms with E-state index in [0.717, 1.165) is 12.8 Å². The van der Waals surface area contributed by atoms with Crippen LogP contribution in [-0.4, -0.2) is 22.4 Å². The van der Waals surface area contributed by atoms with Gasteiger partial charge in [0, 0.05) is 0 Å². The fraction of sp³-hybridized carbons (Fsp3) is 1.00. The molecule has 2 bridgehead atoms. The molecule has 2 nitrogen and oxygen atoms in total. The maximum Gasteiger partial charge on any atom is 0.0600 e. The summed E-state index contributed by atoms with van der Waals surface area (Å²) in [6, 6.07) is 0. The lowest BCUT2D eigenvalue weighted by Crippen LogP contribution is -2.52. The molecule has 98 valence electrons. The van der Waals surface area contributed by atoms with Crippen molar-refractivity contribution in [3.63, 3.8) is 0 Å². The fourth-order valence-corrected chi connectivity index (χ4v) is 5.81. The van der Waals surface area contributed by atoms with Gasteiger partial charge in [0.15, 0.2) is 0 Å². The first-order valence-corrected chi connectivity index (χ1v) is 7.15. The highest BCUT2D eigenvalue weighted by Gasteiger charge is 2.64. The van der Waals surface area contributed by atoms with E-state index in [1.807, 2.05) is 0 Å². The van der Waals surface area contributed by atoms with E-state index in [4.69, 9.17) is 0 Å². The number of rotatable bonds is 0. The predicted octanol–water partition coefficient (Wildman–Crippen LogP) is 2.72. The third kappa shape index (κ3) is 1.46. The molecule has 0 heterocycles. The maximum atomic E-state index is 10.6. The molecule has 1 spiro atoms. The van der Waals surface area contributed by atoms with Crippen molar-refractivity contribution in [2.24, 2.45) is 22.2 Å². The zero-order valence-electron chi connectivity index (χ0n) is 11.4. The van der Waals surface area contributed by atoms with E-state index >= 15 is 0 Å². The van der Waals surface area contributed by atoms with Gasteiger partial charge in [-0.2, -0.15) is 0 Å². The molecule has 3 saturated carbocycles. The molecular formula is C15H26O2. The van der Waals surface area contributed by atoms with Crippen molar-refractivity contribution < 1.29 is 10.2 Å². The molecule has 5 atom stereocenters. The van der Waals surface area contributed by atoms with Gasteiger partial charge in [-0.3, -0.25) is 0 Å². The minimum atomic E-state index is -0.234. The minimum absolute atomic E-state index is 0.113. The highest BCUT2D eigenvalue weighted by molar-refractivity contribution is 5.14. The summed E-state index contributed by atoms with van der Waals surface area (Å²) in [7, 11) is 0. The summed E-state index contributed by atoms with van der Waals surface area (Å²) in [6.07, 6.45) is 6.39. The van der Waals surface area contributed by atoms with Crippen molar-refractivity contribution in [1.82, 2.24) is 0 Å². The summed E-state index contributed by atoms with van der Waals surface area (Å²) >= 11 is 0. The number of aliphatic hydroxyl groups is 2. The predicted molar refractivity (Wildman–Crippen MR) is 67.5 cm³/mol. The second-order valence-corrected chi connectivity index (χ2v) is 7.99. The minimum Gasteiger partial charge on any atom is -0.393 e. The molecule has 0 unspecified atom stereocenters. The molecule has 0 amide bonds. The third-order valence-electron chi connectivity index (χ3n) is 6.24. The number of fused-ring (bicyclic) bond motifs is 1. The van der Waals surface area contributed by atoms with Crippen molar-refractivity contribution >= 4 is 0 Å². The van der Waals surface area contributed by atoms with E-state index in [0.29, 0.717) is 11.3 Å². The van der Waals surface area contributed by atoms with Crippen molar-refractivity contribution in [2.45, 2.75) is 71.5 Å². The van der Waals surface area contributed by atoms with Crippen molar-refractivity contribution in [1.29, 1.82) is 0 Å². The molecule has 17 heavy (non-hydrogen) atoms. The molecule has 3 aliphatic carbocycles. The quantitative estimate of drug-likeness (QED) is 0.681. The number of aliphatic hydroxyl groups excluding tert-OH is 2. The highest BCUT2D eigenvalue weighted by Crippen LogP contribution is 2.68. The summed E-state index contributed by atoms with van der Waals surface area (Å²) in [4.78, 5) is 0. The van der Waals surface area contributed by atoms with Gasteiger partial charge in [-0.1, -0.05) is 27.2 Å². The smallest absolute Gasteiger partial charge is 0.0600 e. The second-order valence-electron chi connectivity index (χ2n) is 7.99. The SMILES string of the molecule is CC1(C)[C@H]2[C@H](O)C[C@]3(C)CCC[C@]2(C[C@@H]1O)C3. The van der Waals surface area contributed by atoms with Gasteiger partial charge >= 0.3 is 0 Å². The summed E-state index contributed by atoms with van der Waals surface area (Å²) < 4.78 is 0. The molecular weight excluding hydrogens is 212 g/mol. The zero-order chi connectivity index (χ0) is 12.5. The fourth-order valence-electron chi connectivity index (χ4n) is 5.81. The lowest BCUT2D eigenvalue weighted by Gasteiger charge is -2.56. The maximum absolute atomic E-state index is 10.6. The average Bonchev–Trinajstić information content (AvgIpc) is 2.31. The van der Waals surface area contributed by atoms with Crippen LogP contribution in [0.25, 0.3) is 0 Å².